The minimum Gasteiger partial charge on any atom is -0.263 e. The largest absolute Gasteiger partial charge is 0.416 e. The third-order valence-electron chi connectivity index (χ3n) is 1.44. The van der Waals surface area contributed by atoms with E-state index >= 15 is 0 Å². The summed E-state index contributed by atoms with van der Waals surface area (Å²) >= 11 is 5.50. The second-order valence-electron chi connectivity index (χ2n) is 2.33. The maximum absolute atomic E-state index is 12.1. The number of hydrogen-bond acceptors (Lipinski definition) is 1. The van der Waals surface area contributed by atoms with Crippen molar-refractivity contribution in [3.8, 4) is 0 Å². The minimum absolute atomic E-state index is 0.0511. The molecule has 1 nitrogen and oxygen atoms in total. The highest BCUT2D eigenvalue weighted by Gasteiger charge is 2.33. The van der Waals surface area contributed by atoms with Gasteiger partial charge in [-0.05, 0) is 6.07 Å². The average Bonchev–Trinajstić information content (AvgIpc) is 2.02. The van der Waals surface area contributed by atoms with Gasteiger partial charge in [-0.2, -0.15) is 13.2 Å². The molecule has 1 aromatic rings. The van der Waals surface area contributed by atoms with Crippen LogP contribution in [0, 0.1) is 0 Å². The van der Waals surface area contributed by atoms with Gasteiger partial charge in [-0.15, -0.1) is 0 Å². The first-order valence-electron chi connectivity index (χ1n) is 3.29. The van der Waals surface area contributed by atoms with Crippen molar-refractivity contribution in [2.75, 3.05) is 0 Å². The number of pyridine rings is 1. The summed E-state index contributed by atoms with van der Waals surface area (Å²) in [4.78, 5) is 3.57. The van der Waals surface area contributed by atoms with Crippen molar-refractivity contribution in [3.63, 3.8) is 0 Å². The van der Waals surface area contributed by atoms with E-state index in [2.05, 4.69) is 11.6 Å². The topological polar surface area (TPSA) is 12.9 Å². The van der Waals surface area contributed by atoms with E-state index in [0.717, 1.165) is 6.20 Å². The van der Waals surface area contributed by atoms with E-state index < -0.39 is 11.7 Å². The fourth-order valence-electron chi connectivity index (χ4n) is 0.773. The van der Waals surface area contributed by atoms with Gasteiger partial charge in [0.25, 0.3) is 0 Å². The van der Waals surface area contributed by atoms with Crippen LogP contribution in [0.3, 0.4) is 0 Å². The summed E-state index contributed by atoms with van der Waals surface area (Å²) < 4.78 is 36.4. The van der Waals surface area contributed by atoms with Gasteiger partial charge in [0.2, 0.25) is 0 Å². The molecule has 13 heavy (non-hydrogen) atoms. The Hall–Kier alpha value is -1.03. The van der Waals surface area contributed by atoms with E-state index in [4.69, 9.17) is 11.6 Å². The van der Waals surface area contributed by atoms with Crippen molar-refractivity contribution in [3.05, 3.63) is 35.6 Å². The monoisotopic (exact) mass is 207 g/mol. The van der Waals surface area contributed by atoms with Gasteiger partial charge in [-0.25, -0.2) is 0 Å². The summed E-state index contributed by atoms with van der Waals surface area (Å²) in [5, 5.41) is -0.0511. The molecule has 0 amide bonds. The zero-order chi connectivity index (χ0) is 10.1. The fourth-order valence-corrected chi connectivity index (χ4v) is 1.01. The van der Waals surface area contributed by atoms with E-state index in [9.17, 15) is 13.2 Å². The molecule has 0 spiro atoms. The van der Waals surface area contributed by atoms with Gasteiger partial charge >= 0.3 is 6.18 Å². The maximum atomic E-state index is 12.1. The van der Waals surface area contributed by atoms with Gasteiger partial charge in [0.15, 0.2) is 0 Å². The number of halogens is 4. The molecule has 1 heterocycles. The van der Waals surface area contributed by atoms with E-state index in [1.165, 1.54) is 12.3 Å². The first-order chi connectivity index (χ1) is 5.93. The predicted octanol–water partition coefficient (Wildman–Crippen LogP) is 3.31. The number of nitrogens with zero attached hydrogens (tertiary/aromatic N) is 1. The SMILES string of the molecule is C=C(c1ccncc1Cl)C(F)(F)F. The van der Waals surface area contributed by atoms with Gasteiger partial charge in [0, 0.05) is 18.0 Å². The standard InChI is InChI=1S/C8H5ClF3N/c1-5(8(10,11)12)6-2-3-13-4-7(6)9/h2-4H,1H2. The average molecular weight is 208 g/mol. The molecule has 0 unspecified atom stereocenters. The van der Waals surface area contributed by atoms with Crippen LogP contribution in [0.1, 0.15) is 5.56 Å². The van der Waals surface area contributed by atoms with Gasteiger partial charge in [-0.3, -0.25) is 4.98 Å². The van der Waals surface area contributed by atoms with Crippen LogP contribution in [0.15, 0.2) is 25.0 Å². The van der Waals surface area contributed by atoms with Crippen molar-refractivity contribution >= 4 is 17.2 Å². The van der Waals surface area contributed by atoms with Crippen LogP contribution < -0.4 is 0 Å². The molecule has 0 aliphatic rings. The highest BCUT2D eigenvalue weighted by molar-refractivity contribution is 6.32. The highest BCUT2D eigenvalue weighted by atomic mass is 35.5. The summed E-state index contributed by atoms with van der Waals surface area (Å²) in [6.45, 7) is 2.92. The number of aromatic nitrogens is 1. The first kappa shape index (κ1) is 10.1. The van der Waals surface area contributed by atoms with Gasteiger partial charge in [0.05, 0.1) is 10.6 Å². The first-order valence-corrected chi connectivity index (χ1v) is 3.66. The Bertz CT molecular complexity index is 332. The van der Waals surface area contributed by atoms with E-state index in [-0.39, 0.29) is 10.6 Å². The Morgan fingerprint density at radius 1 is 1.46 bits per heavy atom. The van der Waals surface area contributed by atoms with Crippen LogP contribution in [-0.4, -0.2) is 11.2 Å². The molecule has 0 saturated carbocycles. The van der Waals surface area contributed by atoms with Gasteiger partial charge in [0.1, 0.15) is 0 Å². The lowest BCUT2D eigenvalue weighted by Crippen LogP contribution is -2.09. The Balaban J connectivity index is 3.10. The molecule has 0 atom stereocenters. The number of alkyl halides is 3. The maximum Gasteiger partial charge on any atom is 0.416 e. The lowest BCUT2D eigenvalue weighted by molar-refractivity contribution is -0.0686. The number of rotatable bonds is 1. The molecule has 0 fully saturated rings. The molecule has 0 aliphatic carbocycles. The van der Waals surface area contributed by atoms with Gasteiger partial charge < -0.3 is 0 Å². The van der Waals surface area contributed by atoms with Crippen molar-refractivity contribution < 1.29 is 13.2 Å². The summed E-state index contributed by atoms with van der Waals surface area (Å²) in [5.41, 5.74) is -1.09. The Kier molecular flexibility index (Phi) is 2.61. The Morgan fingerprint density at radius 2 is 2.08 bits per heavy atom. The predicted molar refractivity (Wildman–Crippen MR) is 44.3 cm³/mol. The summed E-state index contributed by atoms with van der Waals surface area (Å²) in [6, 6.07) is 1.18. The zero-order valence-electron chi connectivity index (χ0n) is 6.40. The molecule has 70 valence electrons. The normalized spacial score (nSPS) is 11.4. The highest BCUT2D eigenvalue weighted by Crippen LogP contribution is 2.34. The van der Waals surface area contributed by atoms with Crippen molar-refractivity contribution in [2.45, 2.75) is 6.18 Å². The molecule has 0 aliphatic heterocycles. The third-order valence-corrected chi connectivity index (χ3v) is 1.74. The lowest BCUT2D eigenvalue weighted by atomic mass is 10.1. The summed E-state index contributed by atoms with van der Waals surface area (Å²) in [6.07, 6.45) is -2.07. The van der Waals surface area contributed by atoms with Crippen molar-refractivity contribution in [1.82, 2.24) is 4.98 Å². The van der Waals surface area contributed by atoms with Crippen LogP contribution in [0.4, 0.5) is 13.2 Å². The quantitative estimate of drug-likeness (QED) is 0.689. The number of hydrogen-bond donors (Lipinski definition) is 0. The van der Waals surface area contributed by atoms with Crippen molar-refractivity contribution in [1.29, 1.82) is 0 Å². The van der Waals surface area contributed by atoms with E-state index in [0.29, 0.717) is 0 Å². The van der Waals surface area contributed by atoms with Crippen molar-refractivity contribution in [2.24, 2.45) is 0 Å². The Labute approximate surface area is 77.9 Å². The smallest absolute Gasteiger partial charge is 0.263 e. The second kappa shape index (κ2) is 3.38. The summed E-state index contributed by atoms with van der Waals surface area (Å²) in [7, 11) is 0. The van der Waals surface area contributed by atoms with Crippen LogP contribution in [0.5, 0.6) is 0 Å². The molecule has 5 heteroatoms. The van der Waals surface area contributed by atoms with Crippen LogP contribution in [-0.2, 0) is 0 Å². The molecule has 0 N–H and O–H groups in total. The molecule has 0 saturated heterocycles. The third kappa shape index (κ3) is 2.21. The molecule has 0 radical (unpaired) electrons. The number of allylic oxidation sites excluding steroid dienone is 1. The minimum atomic E-state index is -4.45. The molecule has 0 aromatic carbocycles. The fraction of sp³-hybridized carbons (Fsp3) is 0.125. The van der Waals surface area contributed by atoms with Gasteiger partial charge in [-0.1, -0.05) is 18.2 Å². The van der Waals surface area contributed by atoms with Crippen LogP contribution in [0.25, 0.3) is 5.57 Å². The summed E-state index contributed by atoms with van der Waals surface area (Å²) in [5.74, 6) is 0. The molecule has 1 rings (SSSR count). The van der Waals surface area contributed by atoms with Crippen LogP contribution >= 0.6 is 11.6 Å². The van der Waals surface area contributed by atoms with E-state index in [1.54, 1.807) is 0 Å². The Morgan fingerprint density at radius 3 is 2.54 bits per heavy atom. The molecule has 1 aromatic heterocycles. The second-order valence-corrected chi connectivity index (χ2v) is 2.74. The lowest BCUT2D eigenvalue weighted by Gasteiger charge is -2.10. The molecule has 0 bridgehead atoms. The molecular weight excluding hydrogens is 203 g/mol. The van der Waals surface area contributed by atoms with E-state index in [1.807, 2.05) is 0 Å². The van der Waals surface area contributed by atoms with Crippen LogP contribution in [0.2, 0.25) is 5.02 Å². The zero-order valence-corrected chi connectivity index (χ0v) is 7.15. The molecular formula is C8H5ClF3N.